The van der Waals surface area contributed by atoms with Crippen molar-refractivity contribution in [2.24, 2.45) is 0 Å². The third-order valence-electron chi connectivity index (χ3n) is 4.97. The average molecular weight is 516 g/mol. The summed E-state index contributed by atoms with van der Waals surface area (Å²) in [4.78, 5) is 16.4. The quantitative estimate of drug-likeness (QED) is 0.304. The Morgan fingerprint density at radius 2 is 1.83 bits per heavy atom. The molecule has 0 radical (unpaired) electrons. The van der Waals surface area contributed by atoms with Crippen molar-refractivity contribution in [3.8, 4) is 5.75 Å². The van der Waals surface area contributed by atoms with E-state index in [1.54, 1.807) is 36.4 Å². The number of anilines is 1. The fourth-order valence-corrected chi connectivity index (χ4v) is 4.91. The number of nitrogens with zero attached hydrogens (tertiary/aromatic N) is 1. The molecule has 0 aliphatic carbocycles. The Hall–Kier alpha value is -3.57. The Morgan fingerprint density at radius 3 is 2.54 bits per heavy atom. The van der Waals surface area contributed by atoms with Crippen molar-refractivity contribution in [3.05, 3.63) is 78.1 Å². The number of fused-ring (bicyclic) bond motifs is 1. The molecule has 4 rings (SSSR count). The highest BCUT2D eigenvalue weighted by Gasteiger charge is 2.17. The molecule has 0 spiro atoms. The summed E-state index contributed by atoms with van der Waals surface area (Å²) in [6, 6.07) is 17.0. The number of carbonyl (C=O) groups excluding carboxylic acids is 1. The standard InChI is InChI=1S/C24H22FN3O5S2/c1-32-19-8-6-18(7-9-19)28-35(30,31)20-10-11-22-21(14-20)27-24(33-22)34-15-23(29)26-13-12-16-2-4-17(25)5-3-16/h2-11,14,28H,12-13,15H2,1H3,(H,26,29). The van der Waals surface area contributed by atoms with Gasteiger partial charge >= 0.3 is 0 Å². The van der Waals surface area contributed by atoms with Crippen LogP contribution in [0.2, 0.25) is 0 Å². The van der Waals surface area contributed by atoms with Crippen LogP contribution < -0.4 is 14.8 Å². The summed E-state index contributed by atoms with van der Waals surface area (Å²) in [5.74, 6) is 0.195. The molecule has 182 valence electrons. The van der Waals surface area contributed by atoms with Crippen LogP contribution in [-0.4, -0.2) is 38.7 Å². The van der Waals surface area contributed by atoms with Gasteiger partial charge in [-0.15, -0.1) is 0 Å². The first kappa shape index (κ1) is 24.6. The van der Waals surface area contributed by atoms with Gasteiger partial charge in [0.25, 0.3) is 15.2 Å². The molecule has 2 N–H and O–H groups in total. The first-order valence-corrected chi connectivity index (χ1v) is 13.0. The molecule has 1 amide bonds. The molecule has 0 atom stereocenters. The number of hydrogen-bond donors (Lipinski definition) is 2. The highest BCUT2D eigenvalue weighted by molar-refractivity contribution is 7.99. The second-order valence-electron chi connectivity index (χ2n) is 7.46. The van der Waals surface area contributed by atoms with Crippen molar-refractivity contribution in [1.29, 1.82) is 0 Å². The van der Waals surface area contributed by atoms with Gasteiger partial charge in [-0.2, -0.15) is 0 Å². The van der Waals surface area contributed by atoms with Crippen molar-refractivity contribution in [2.45, 2.75) is 16.5 Å². The van der Waals surface area contributed by atoms with E-state index in [0.29, 0.717) is 35.5 Å². The minimum Gasteiger partial charge on any atom is -0.497 e. The number of thioether (sulfide) groups is 1. The lowest BCUT2D eigenvalue weighted by Crippen LogP contribution is -2.27. The highest BCUT2D eigenvalue weighted by atomic mass is 32.2. The molecule has 0 fully saturated rings. The van der Waals surface area contributed by atoms with E-state index >= 15 is 0 Å². The number of rotatable bonds is 10. The molecule has 11 heteroatoms. The predicted octanol–water partition coefficient (Wildman–Crippen LogP) is 4.23. The molecule has 1 aromatic heterocycles. The molecule has 0 saturated carbocycles. The Balaban J connectivity index is 1.33. The lowest BCUT2D eigenvalue weighted by atomic mass is 10.1. The number of aromatic nitrogens is 1. The molecule has 4 aromatic rings. The molecule has 8 nitrogen and oxygen atoms in total. The van der Waals surface area contributed by atoms with Crippen LogP contribution in [0.1, 0.15) is 5.56 Å². The van der Waals surface area contributed by atoms with Gasteiger partial charge < -0.3 is 14.5 Å². The maximum Gasteiger partial charge on any atom is 0.261 e. The second-order valence-corrected chi connectivity index (χ2v) is 10.1. The summed E-state index contributed by atoms with van der Waals surface area (Å²) in [7, 11) is -2.31. The van der Waals surface area contributed by atoms with Gasteiger partial charge in [-0.25, -0.2) is 17.8 Å². The van der Waals surface area contributed by atoms with Gasteiger partial charge in [-0.3, -0.25) is 9.52 Å². The van der Waals surface area contributed by atoms with E-state index in [2.05, 4.69) is 15.0 Å². The number of sulfonamides is 1. The molecule has 0 bridgehead atoms. The zero-order chi connectivity index (χ0) is 24.8. The normalized spacial score (nSPS) is 11.4. The van der Waals surface area contributed by atoms with E-state index in [9.17, 15) is 17.6 Å². The Labute approximate surface area is 205 Å². The van der Waals surface area contributed by atoms with Gasteiger partial charge in [-0.1, -0.05) is 23.9 Å². The second kappa shape index (κ2) is 10.8. The minimum absolute atomic E-state index is 0.0317. The van der Waals surface area contributed by atoms with Crippen LogP contribution in [0.5, 0.6) is 5.75 Å². The number of oxazole rings is 1. The Morgan fingerprint density at radius 1 is 1.09 bits per heavy atom. The number of ether oxygens (including phenoxy) is 1. The topological polar surface area (TPSA) is 111 Å². The van der Waals surface area contributed by atoms with Gasteiger partial charge in [0.2, 0.25) is 5.91 Å². The zero-order valence-electron chi connectivity index (χ0n) is 18.7. The van der Waals surface area contributed by atoms with E-state index < -0.39 is 10.0 Å². The summed E-state index contributed by atoms with van der Waals surface area (Å²) in [5, 5.41) is 3.05. The van der Waals surface area contributed by atoms with Crippen LogP contribution in [0.25, 0.3) is 11.1 Å². The number of halogens is 1. The monoisotopic (exact) mass is 515 g/mol. The van der Waals surface area contributed by atoms with E-state index in [0.717, 1.165) is 17.3 Å². The number of methoxy groups -OCH3 is 1. The van der Waals surface area contributed by atoms with Crippen molar-refractivity contribution >= 4 is 44.5 Å². The Kier molecular flexibility index (Phi) is 7.57. The maximum atomic E-state index is 12.9. The number of amides is 1. The van der Waals surface area contributed by atoms with Gasteiger partial charge in [0.15, 0.2) is 5.58 Å². The van der Waals surface area contributed by atoms with Crippen molar-refractivity contribution in [1.82, 2.24) is 10.3 Å². The van der Waals surface area contributed by atoms with Crippen molar-refractivity contribution in [3.63, 3.8) is 0 Å². The van der Waals surface area contributed by atoms with E-state index in [4.69, 9.17) is 9.15 Å². The summed E-state index contributed by atoms with van der Waals surface area (Å²) in [6.45, 7) is 0.418. The van der Waals surface area contributed by atoms with Gasteiger partial charge in [0.1, 0.15) is 17.1 Å². The van der Waals surface area contributed by atoms with E-state index in [-0.39, 0.29) is 27.6 Å². The maximum absolute atomic E-state index is 12.9. The molecular weight excluding hydrogens is 493 g/mol. The average Bonchev–Trinajstić information content (AvgIpc) is 3.26. The zero-order valence-corrected chi connectivity index (χ0v) is 20.3. The fraction of sp³-hybridized carbons (Fsp3) is 0.167. The highest BCUT2D eigenvalue weighted by Crippen LogP contribution is 2.26. The first-order chi connectivity index (χ1) is 16.8. The molecule has 35 heavy (non-hydrogen) atoms. The van der Waals surface area contributed by atoms with Crippen LogP contribution in [0.15, 0.2) is 81.3 Å². The smallest absolute Gasteiger partial charge is 0.261 e. The van der Waals surface area contributed by atoms with Crippen LogP contribution in [-0.2, 0) is 21.2 Å². The molecule has 0 saturated heterocycles. The van der Waals surface area contributed by atoms with Gasteiger partial charge in [-0.05, 0) is 66.6 Å². The summed E-state index contributed by atoms with van der Waals surface area (Å²) < 4.78 is 51.7. The number of carbonyl (C=O) groups is 1. The third-order valence-corrected chi connectivity index (χ3v) is 7.17. The van der Waals surface area contributed by atoms with Crippen LogP contribution in [0, 0.1) is 5.82 Å². The van der Waals surface area contributed by atoms with Gasteiger partial charge in [0, 0.05) is 12.2 Å². The van der Waals surface area contributed by atoms with Crippen LogP contribution in [0.4, 0.5) is 10.1 Å². The lowest BCUT2D eigenvalue weighted by Gasteiger charge is -2.08. The van der Waals surface area contributed by atoms with Crippen LogP contribution >= 0.6 is 11.8 Å². The molecule has 3 aromatic carbocycles. The number of hydrogen-bond acceptors (Lipinski definition) is 7. The van der Waals surface area contributed by atoms with E-state index in [1.165, 1.54) is 37.4 Å². The SMILES string of the molecule is COc1ccc(NS(=O)(=O)c2ccc3oc(SCC(=O)NCCc4ccc(F)cc4)nc3c2)cc1. The summed E-state index contributed by atoms with van der Waals surface area (Å²) in [6.07, 6.45) is 0.585. The minimum atomic E-state index is -3.84. The Bertz CT molecular complexity index is 1420. The van der Waals surface area contributed by atoms with Crippen molar-refractivity contribution < 1.29 is 26.8 Å². The number of nitrogens with one attached hydrogen (secondary N) is 2. The summed E-state index contributed by atoms with van der Waals surface area (Å²) in [5.41, 5.74) is 2.09. The van der Waals surface area contributed by atoms with Gasteiger partial charge in [0.05, 0.1) is 17.8 Å². The fourth-order valence-electron chi connectivity index (χ4n) is 3.16. The third kappa shape index (κ3) is 6.52. The lowest BCUT2D eigenvalue weighted by molar-refractivity contribution is -0.118. The van der Waals surface area contributed by atoms with E-state index in [1.807, 2.05) is 0 Å². The molecule has 0 aliphatic heterocycles. The molecular formula is C24H22FN3O5S2. The number of benzene rings is 3. The summed E-state index contributed by atoms with van der Waals surface area (Å²) >= 11 is 1.11. The van der Waals surface area contributed by atoms with Crippen LogP contribution in [0.3, 0.4) is 0 Å². The first-order valence-electron chi connectivity index (χ1n) is 10.5. The predicted molar refractivity (Wildman–Crippen MR) is 132 cm³/mol. The largest absolute Gasteiger partial charge is 0.497 e. The molecule has 0 aliphatic rings. The van der Waals surface area contributed by atoms with Crippen molar-refractivity contribution in [2.75, 3.05) is 24.1 Å². The molecule has 0 unspecified atom stereocenters. The molecule has 1 heterocycles.